The largest absolute Gasteiger partial charge is 0.428 e. The summed E-state index contributed by atoms with van der Waals surface area (Å²) in [5, 5.41) is 20.7. The minimum atomic E-state index is -1.28. The van der Waals surface area contributed by atoms with Crippen molar-refractivity contribution in [3.05, 3.63) is 42.0 Å². The Balaban J connectivity index is 1.13. The molecule has 0 aromatic carbocycles. The van der Waals surface area contributed by atoms with E-state index in [0.717, 1.165) is 64.0 Å². The maximum absolute atomic E-state index is 13.5. The summed E-state index contributed by atoms with van der Waals surface area (Å²) in [6, 6.07) is -0.370. The summed E-state index contributed by atoms with van der Waals surface area (Å²) < 4.78 is 14.8. The molecule has 2 atom stereocenters. The first-order valence-electron chi connectivity index (χ1n) is 20.5. The quantitative estimate of drug-likeness (QED) is 0.0399. The Morgan fingerprint density at radius 1 is 0.516 bits per heavy atom. The van der Waals surface area contributed by atoms with Gasteiger partial charge in [-0.1, -0.05) is 32.1 Å². The van der Waals surface area contributed by atoms with E-state index in [1.165, 1.54) is 9.91 Å². The molecule has 0 spiro atoms. The molecule has 2 unspecified atom stereocenters. The number of hydrogen-bond acceptors (Lipinski definition) is 15. The predicted molar refractivity (Wildman–Crippen MR) is 210 cm³/mol. The molecule has 340 valence electrons. The molecular weight excluding hydrogens is 820 g/mol. The number of rotatable bonds is 27. The van der Waals surface area contributed by atoms with E-state index in [2.05, 4.69) is 21.5 Å². The summed E-state index contributed by atoms with van der Waals surface area (Å²) >= 11 is 0. The van der Waals surface area contributed by atoms with Crippen LogP contribution in [0.15, 0.2) is 36.5 Å². The molecular formula is C38H54N10O14. The normalized spacial score (nSPS) is 18.8. The highest BCUT2D eigenvalue weighted by Gasteiger charge is 2.35. The molecule has 0 aliphatic carbocycles. The topological polar surface area (TPSA) is 289 Å². The van der Waals surface area contributed by atoms with Gasteiger partial charge in [-0.15, -0.1) is 0 Å². The third kappa shape index (κ3) is 15.7. The summed E-state index contributed by atoms with van der Waals surface area (Å²) in [6.07, 6.45) is 10.9. The molecule has 1 saturated heterocycles. The highest BCUT2D eigenvalue weighted by Crippen LogP contribution is 2.15. The lowest BCUT2D eigenvalue weighted by molar-refractivity contribution is -0.800. The molecule has 4 aliphatic heterocycles. The van der Waals surface area contributed by atoms with Crippen molar-refractivity contribution in [3.8, 4) is 0 Å². The molecule has 0 saturated carbocycles. The number of urea groups is 1. The molecule has 1 fully saturated rings. The van der Waals surface area contributed by atoms with Crippen molar-refractivity contribution < 1.29 is 72.3 Å². The van der Waals surface area contributed by atoms with Gasteiger partial charge < -0.3 is 50.8 Å². The van der Waals surface area contributed by atoms with Crippen LogP contribution in [0.3, 0.4) is 0 Å². The van der Waals surface area contributed by atoms with Crippen molar-refractivity contribution >= 4 is 59.8 Å². The maximum atomic E-state index is 13.5. The van der Waals surface area contributed by atoms with Crippen molar-refractivity contribution in [1.29, 1.82) is 0 Å². The molecule has 62 heavy (non-hydrogen) atoms. The molecule has 5 N–H and O–H groups in total. The number of carbonyl (C=O) groups is 10. The lowest BCUT2D eigenvalue weighted by Crippen LogP contribution is -3.15. The Morgan fingerprint density at radius 3 is 1.24 bits per heavy atom. The average molecular weight is 875 g/mol. The Kier molecular flexibility index (Phi) is 19.9. The van der Waals surface area contributed by atoms with Crippen molar-refractivity contribution in [2.75, 3.05) is 59.5 Å². The SMILES string of the molecule is O=C(NCCCCCCN1[N-][NH+](CCCCCCNC(=O)OCN2C(=O)C=CC2=O)C(=O)N(CCCCCCNC(=O)OCN2C(=O)C=CC2=O)C1O)OCN1C(=O)C=CC1=O. The Bertz CT molecular complexity index is 1700. The summed E-state index contributed by atoms with van der Waals surface area (Å²) in [5.41, 5.74) is 4.52. The highest BCUT2D eigenvalue weighted by molar-refractivity contribution is 6.14. The van der Waals surface area contributed by atoms with Gasteiger partial charge in [-0.25, -0.2) is 33.9 Å². The van der Waals surface area contributed by atoms with E-state index in [1.54, 1.807) is 0 Å². The van der Waals surface area contributed by atoms with Crippen LogP contribution in [0.2, 0.25) is 0 Å². The number of aliphatic hydroxyl groups excluding tert-OH is 1. The number of aliphatic hydroxyl groups is 1. The lowest BCUT2D eigenvalue weighted by Gasteiger charge is -2.51. The number of nitrogens with zero attached hydrogens (tertiary/aromatic N) is 6. The van der Waals surface area contributed by atoms with Crippen LogP contribution in [0.1, 0.15) is 77.0 Å². The molecule has 0 aromatic heterocycles. The van der Waals surface area contributed by atoms with Gasteiger partial charge in [0.05, 0.1) is 6.54 Å². The second-order valence-electron chi connectivity index (χ2n) is 14.3. The molecule has 4 rings (SSSR count). The second kappa shape index (κ2) is 25.5. The van der Waals surface area contributed by atoms with Crippen molar-refractivity contribution in [1.82, 2.24) is 40.6 Å². The van der Waals surface area contributed by atoms with Crippen LogP contribution in [0.5, 0.6) is 0 Å². The van der Waals surface area contributed by atoms with Gasteiger partial charge in [0.15, 0.2) is 26.5 Å². The number of nitrogens with one attached hydrogen (secondary N) is 4. The van der Waals surface area contributed by atoms with Gasteiger partial charge in [-0.2, -0.15) is 0 Å². The van der Waals surface area contributed by atoms with E-state index in [1.807, 2.05) is 0 Å². The van der Waals surface area contributed by atoms with Crippen molar-refractivity contribution in [2.45, 2.75) is 83.4 Å². The van der Waals surface area contributed by atoms with Gasteiger partial charge >= 0.3 is 24.3 Å². The molecule has 24 heteroatoms. The van der Waals surface area contributed by atoms with E-state index < -0.39 is 80.3 Å². The van der Waals surface area contributed by atoms with Crippen LogP contribution in [-0.2, 0) is 43.0 Å². The average Bonchev–Trinajstić information content (AvgIpc) is 3.87. The van der Waals surface area contributed by atoms with Gasteiger partial charge in [0.2, 0.25) is 0 Å². The van der Waals surface area contributed by atoms with E-state index in [0.29, 0.717) is 95.4 Å². The van der Waals surface area contributed by atoms with E-state index in [9.17, 15) is 53.1 Å². The first kappa shape index (κ1) is 48.4. The molecule has 0 bridgehead atoms. The summed E-state index contributed by atoms with van der Waals surface area (Å²) in [4.78, 5) is 123. The van der Waals surface area contributed by atoms with Crippen LogP contribution < -0.4 is 21.0 Å². The first-order chi connectivity index (χ1) is 29.8. The Labute approximate surface area is 357 Å². The number of carbonyl (C=O) groups excluding carboxylic acids is 10. The van der Waals surface area contributed by atoms with E-state index in [4.69, 9.17) is 14.2 Å². The third-order valence-corrected chi connectivity index (χ3v) is 9.77. The van der Waals surface area contributed by atoms with Crippen LogP contribution in [-0.4, -0.2) is 155 Å². The fourth-order valence-electron chi connectivity index (χ4n) is 6.27. The summed E-state index contributed by atoms with van der Waals surface area (Å²) in [7, 11) is 0. The standard InChI is InChI=1S/C38H54N10O14/c49-28-13-14-29(50)44(28)25-60-34(55)39-19-7-1-4-10-22-43-37(58)47(23-11-5-2-8-20-40-35(56)61-26-45-30(51)15-16-31(45)52)42-48(38(43)59)24-12-6-3-9-21-41-36(57)62-27-46-32(53)17-18-33(46)54/h13-18,37,48,58H,1-12,19-27H2,(H,39,55)(H,40,56)(H,41,57). The monoisotopic (exact) mass is 874 g/mol. The molecule has 4 aliphatic rings. The summed E-state index contributed by atoms with van der Waals surface area (Å²) in [6.45, 7) is 0.412. The number of hydrogen-bond donors (Lipinski definition) is 5. The fraction of sp³-hybridized carbons (Fsp3) is 0.579. The zero-order chi connectivity index (χ0) is 44.9. The number of unbranched alkanes of at least 4 members (excludes halogenated alkanes) is 9. The Morgan fingerprint density at radius 2 is 0.855 bits per heavy atom. The minimum Gasteiger partial charge on any atom is -0.428 e. The molecule has 0 aromatic rings. The van der Waals surface area contributed by atoms with Gasteiger partial charge in [0, 0.05) is 62.6 Å². The van der Waals surface area contributed by atoms with Crippen LogP contribution in [0, 0.1) is 0 Å². The number of imide groups is 3. The van der Waals surface area contributed by atoms with Gasteiger partial charge in [0.25, 0.3) is 35.4 Å². The van der Waals surface area contributed by atoms with E-state index in [-0.39, 0.29) is 19.1 Å². The number of alkyl carbamates (subject to hydrolysis) is 3. The zero-order valence-electron chi connectivity index (χ0n) is 34.3. The maximum Gasteiger partial charge on any atom is 0.411 e. The second-order valence-corrected chi connectivity index (χ2v) is 14.3. The number of ether oxygens (including phenoxy) is 3. The highest BCUT2D eigenvalue weighted by atomic mass is 16.6. The van der Waals surface area contributed by atoms with Crippen molar-refractivity contribution in [2.24, 2.45) is 0 Å². The number of amides is 11. The van der Waals surface area contributed by atoms with Crippen LogP contribution >= 0.6 is 0 Å². The van der Waals surface area contributed by atoms with Gasteiger partial charge in [0.1, 0.15) is 0 Å². The van der Waals surface area contributed by atoms with Gasteiger partial charge in [-0.05, 0) is 51.5 Å². The lowest BCUT2D eigenvalue weighted by atomic mass is 10.2. The molecule has 0 radical (unpaired) electrons. The first-order valence-corrected chi connectivity index (χ1v) is 20.5. The third-order valence-electron chi connectivity index (χ3n) is 9.77. The van der Waals surface area contributed by atoms with Gasteiger partial charge in [-0.3, -0.25) is 33.7 Å². The molecule has 24 nitrogen and oxygen atoms in total. The van der Waals surface area contributed by atoms with E-state index >= 15 is 0 Å². The number of quaternary nitrogens is 1. The van der Waals surface area contributed by atoms with Crippen molar-refractivity contribution in [3.63, 3.8) is 0 Å². The Hall–Kier alpha value is -6.24. The van der Waals surface area contributed by atoms with Crippen LogP contribution in [0.4, 0.5) is 19.2 Å². The molecule has 4 heterocycles. The summed E-state index contributed by atoms with van der Waals surface area (Å²) in [5.74, 6) is -3.35. The minimum absolute atomic E-state index is 0.258. The predicted octanol–water partition coefficient (Wildman–Crippen LogP) is -0.404. The molecule has 11 amide bonds. The zero-order valence-corrected chi connectivity index (χ0v) is 34.3. The van der Waals surface area contributed by atoms with Crippen LogP contribution in [0.25, 0.3) is 5.53 Å². The fourth-order valence-corrected chi connectivity index (χ4v) is 6.27. The smallest absolute Gasteiger partial charge is 0.411 e.